The Hall–Kier alpha value is -3.04. The summed E-state index contributed by atoms with van der Waals surface area (Å²) in [5, 5.41) is 0.879. The second kappa shape index (κ2) is 11.0. The zero-order chi connectivity index (χ0) is 26.1. The van der Waals surface area contributed by atoms with Gasteiger partial charge in [-0.1, -0.05) is 23.9 Å². The van der Waals surface area contributed by atoms with E-state index in [4.69, 9.17) is 9.97 Å². The lowest BCUT2D eigenvalue weighted by molar-refractivity contribution is 0.184. The Morgan fingerprint density at radius 2 is 1.89 bits per heavy atom. The highest BCUT2D eigenvalue weighted by atomic mass is 32.2. The van der Waals surface area contributed by atoms with Gasteiger partial charge in [0, 0.05) is 42.7 Å². The molecule has 38 heavy (non-hydrogen) atoms. The number of imidazole rings is 1. The average molecular weight is 533 g/mol. The molecule has 0 saturated carbocycles. The van der Waals surface area contributed by atoms with Crippen molar-refractivity contribution in [2.75, 3.05) is 25.4 Å². The lowest BCUT2D eigenvalue weighted by atomic mass is 9.93. The molecule has 7 nitrogen and oxygen atoms in total. The minimum absolute atomic E-state index is 0.156. The molecule has 0 atom stereocenters. The third-order valence-electron chi connectivity index (χ3n) is 7.88. The summed E-state index contributed by atoms with van der Waals surface area (Å²) in [4.78, 5) is 29.8. The molecule has 5 heterocycles. The molecular weight excluding hydrogens is 499 g/mol. The average Bonchev–Trinajstić information content (AvgIpc) is 3.27. The van der Waals surface area contributed by atoms with Gasteiger partial charge in [0.15, 0.2) is 10.8 Å². The molecule has 0 amide bonds. The van der Waals surface area contributed by atoms with Gasteiger partial charge in [-0.25, -0.2) is 19.3 Å². The molecule has 2 aliphatic heterocycles. The lowest BCUT2D eigenvalue weighted by Gasteiger charge is -2.32. The molecule has 0 spiro atoms. The molecule has 1 saturated heterocycles. The highest BCUT2D eigenvalue weighted by Crippen LogP contribution is 2.25. The Balaban J connectivity index is 1.10. The van der Waals surface area contributed by atoms with Crippen molar-refractivity contribution in [2.45, 2.75) is 57.3 Å². The van der Waals surface area contributed by atoms with Crippen LogP contribution in [0.1, 0.15) is 41.9 Å². The highest BCUT2D eigenvalue weighted by molar-refractivity contribution is 7.99. The number of rotatable bonds is 7. The van der Waals surface area contributed by atoms with Gasteiger partial charge in [-0.3, -0.25) is 9.36 Å². The van der Waals surface area contributed by atoms with E-state index in [1.165, 1.54) is 12.1 Å². The van der Waals surface area contributed by atoms with Crippen molar-refractivity contribution in [1.82, 2.24) is 29.0 Å². The Labute approximate surface area is 226 Å². The van der Waals surface area contributed by atoms with Crippen LogP contribution in [0, 0.1) is 18.7 Å². The fraction of sp³-hybridized carbons (Fsp3) is 0.448. The number of thioether (sulfide) groups is 1. The maximum Gasteiger partial charge on any atom is 0.257 e. The molecule has 198 valence electrons. The lowest BCUT2D eigenvalue weighted by Crippen LogP contribution is -2.37. The summed E-state index contributed by atoms with van der Waals surface area (Å²) < 4.78 is 17.5. The fourth-order valence-electron chi connectivity index (χ4n) is 5.70. The first-order chi connectivity index (χ1) is 18.5. The molecule has 3 aromatic heterocycles. The summed E-state index contributed by atoms with van der Waals surface area (Å²) in [6, 6.07) is 10.6. The summed E-state index contributed by atoms with van der Waals surface area (Å²) in [5.74, 6) is 2.41. The Bertz CT molecular complexity index is 1490. The van der Waals surface area contributed by atoms with Crippen molar-refractivity contribution in [3.63, 3.8) is 0 Å². The fourth-order valence-corrected chi connectivity index (χ4v) is 6.69. The van der Waals surface area contributed by atoms with Crippen LogP contribution >= 0.6 is 11.8 Å². The second-order valence-electron chi connectivity index (χ2n) is 10.4. The number of aromatic nitrogens is 5. The van der Waals surface area contributed by atoms with E-state index >= 15 is 0 Å². The maximum absolute atomic E-state index is 13.4. The minimum Gasteiger partial charge on any atom is -0.308 e. The van der Waals surface area contributed by atoms with E-state index in [1.807, 2.05) is 35.8 Å². The first-order valence-electron chi connectivity index (χ1n) is 13.5. The molecule has 1 aromatic carbocycles. The SMILES string of the molecule is Cc1nc2n(c(=O)c1CCN1CCC(Cc3nc4cccnc4n3Cc3ccc(F)cc3)CC1)CCCS2. The van der Waals surface area contributed by atoms with Gasteiger partial charge in [-0.2, -0.15) is 0 Å². The summed E-state index contributed by atoms with van der Waals surface area (Å²) >= 11 is 1.69. The van der Waals surface area contributed by atoms with Crippen LogP contribution in [0.25, 0.3) is 11.2 Å². The van der Waals surface area contributed by atoms with Gasteiger partial charge in [0.2, 0.25) is 0 Å². The normalized spacial score (nSPS) is 16.7. The van der Waals surface area contributed by atoms with Gasteiger partial charge in [0.25, 0.3) is 5.56 Å². The van der Waals surface area contributed by atoms with Crippen LogP contribution in [0.5, 0.6) is 0 Å². The van der Waals surface area contributed by atoms with Crippen molar-refractivity contribution < 1.29 is 4.39 Å². The number of pyridine rings is 1. The van der Waals surface area contributed by atoms with Crippen LogP contribution < -0.4 is 5.56 Å². The van der Waals surface area contributed by atoms with E-state index in [0.717, 1.165) is 103 Å². The summed E-state index contributed by atoms with van der Waals surface area (Å²) in [7, 11) is 0. The van der Waals surface area contributed by atoms with E-state index < -0.39 is 0 Å². The molecule has 9 heteroatoms. The van der Waals surface area contributed by atoms with Gasteiger partial charge >= 0.3 is 0 Å². The Morgan fingerprint density at radius 3 is 2.71 bits per heavy atom. The number of likely N-dealkylation sites (tertiary alicyclic amines) is 1. The number of benzene rings is 1. The predicted molar refractivity (Wildman–Crippen MR) is 148 cm³/mol. The molecule has 0 N–H and O–H groups in total. The number of nitrogens with zero attached hydrogens (tertiary/aromatic N) is 6. The zero-order valence-corrected chi connectivity index (χ0v) is 22.6. The molecule has 6 rings (SSSR count). The number of hydrogen-bond donors (Lipinski definition) is 0. The predicted octanol–water partition coefficient (Wildman–Crippen LogP) is 4.48. The largest absolute Gasteiger partial charge is 0.308 e. The van der Waals surface area contributed by atoms with Gasteiger partial charge in [-0.05, 0) is 81.4 Å². The van der Waals surface area contributed by atoms with Gasteiger partial charge < -0.3 is 9.47 Å². The number of aryl methyl sites for hydroxylation is 1. The third kappa shape index (κ3) is 5.27. The number of fused-ring (bicyclic) bond motifs is 2. The molecule has 1 fully saturated rings. The topological polar surface area (TPSA) is 68.8 Å². The van der Waals surface area contributed by atoms with Crippen LogP contribution in [0.15, 0.2) is 52.5 Å². The first kappa shape index (κ1) is 25.2. The molecule has 0 unspecified atom stereocenters. The summed E-state index contributed by atoms with van der Waals surface area (Å²) in [5.41, 5.74) is 4.74. The zero-order valence-electron chi connectivity index (χ0n) is 21.8. The van der Waals surface area contributed by atoms with E-state index in [-0.39, 0.29) is 11.4 Å². The van der Waals surface area contributed by atoms with Crippen LogP contribution in [-0.2, 0) is 25.9 Å². The number of piperidine rings is 1. The monoisotopic (exact) mass is 532 g/mol. The first-order valence-corrected chi connectivity index (χ1v) is 14.5. The van der Waals surface area contributed by atoms with Crippen molar-refractivity contribution in [1.29, 1.82) is 0 Å². The smallest absolute Gasteiger partial charge is 0.257 e. The molecule has 2 aliphatic rings. The van der Waals surface area contributed by atoms with Crippen molar-refractivity contribution in [2.24, 2.45) is 5.92 Å². The Kier molecular flexibility index (Phi) is 7.30. The summed E-state index contributed by atoms with van der Waals surface area (Å²) in [6.45, 7) is 6.33. The van der Waals surface area contributed by atoms with Crippen LogP contribution in [0.4, 0.5) is 4.39 Å². The standard InChI is InChI=1S/C29H33FN6OS/c1-20-24(28(37)35-13-3-17-38-29(35)32-20)11-16-34-14-9-21(10-15-34)18-26-33-25-4-2-12-31-27(25)36(26)19-22-5-7-23(30)8-6-22/h2,4-8,12,21H,3,9-11,13-19H2,1H3. The van der Waals surface area contributed by atoms with Crippen molar-refractivity contribution in [3.8, 4) is 0 Å². The second-order valence-corrected chi connectivity index (χ2v) is 11.5. The third-order valence-corrected chi connectivity index (χ3v) is 8.95. The molecule has 4 aromatic rings. The minimum atomic E-state index is -0.225. The van der Waals surface area contributed by atoms with Gasteiger partial charge in [-0.15, -0.1) is 0 Å². The van der Waals surface area contributed by atoms with Crippen molar-refractivity contribution in [3.05, 3.63) is 81.4 Å². The van der Waals surface area contributed by atoms with E-state index in [1.54, 1.807) is 18.0 Å². The molecule has 0 bridgehead atoms. The van der Waals surface area contributed by atoms with Crippen LogP contribution in [-0.4, -0.2) is 54.4 Å². The molecular formula is C29H33FN6OS. The number of halogens is 1. The Morgan fingerprint density at radius 1 is 1.08 bits per heavy atom. The van der Waals surface area contributed by atoms with E-state index in [0.29, 0.717) is 12.5 Å². The van der Waals surface area contributed by atoms with Crippen molar-refractivity contribution >= 4 is 22.9 Å². The summed E-state index contributed by atoms with van der Waals surface area (Å²) in [6.07, 6.45) is 6.69. The molecule has 0 radical (unpaired) electrons. The van der Waals surface area contributed by atoms with Gasteiger partial charge in [0.1, 0.15) is 17.2 Å². The van der Waals surface area contributed by atoms with E-state index in [9.17, 15) is 9.18 Å². The molecule has 0 aliphatic carbocycles. The maximum atomic E-state index is 13.4. The quantitative estimate of drug-likeness (QED) is 0.327. The van der Waals surface area contributed by atoms with E-state index in [2.05, 4.69) is 14.5 Å². The van der Waals surface area contributed by atoms with Gasteiger partial charge in [0.05, 0.1) is 6.54 Å². The van der Waals surface area contributed by atoms with Crippen LogP contribution in [0.2, 0.25) is 0 Å². The highest BCUT2D eigenvalue weighted by Gasteiger charge is 2.24. The van der Waals surface area contributed by atoms with Crippen LogP contribution in [0.3, 0.4) is 0 Å². The number of hydrogen-bond acceptors (Lipinski definition) is 6.